The Kier molecular flexibility index (Phi) is 5.62. The Balaban J connectivity index is 1.63. The Labute approximate surface area is 149 Å². The first-order chi connectivity index (χ1) is 12.6. The summed E-state index contributed by atoms with van der Waals surface area (Å²) in [4.78, 5) is 24.2. The molecule has 0 aromatic heterocycles. The number of hydrogen-bond acceptors (Lipinski definition) is 7. The van der Waals surface area contributed by atoms with Gasteiger partial charge in [0.15, 0.2) is 12.4 Å². The van der Waals surface area contributed by atoms with Crippen molar-refractivity contribution in [3.05, 3.63) is 71.8 Å². The van der Waals surface area contributed by atoms with Crippen molar-refractivity contribution in [2.45, 2.75) is 24.6 Å². The highest BCUT2D eigenvalue weighted by molar-refractivity contribution is 5.90. The van der Waals surface area contributed by atoms with Crippen molar-refractivity contribution in [1.82, 2.24) is 0 Å². The number of rotatable bonds is 5. The zero-order valence-electron chi connectivity index (χ0n) is 13.7. The van der Waals surface area contributed by atoms with Crippen LogP contribution in [0.1, 0.15) is 20.7 Å². The van der Waals surface area contributed by atoms with Crippen LogP contribution in [0.2, 0.25) is 0 Å². The molecule has 0 bridgehead atoms. The summed E-state index contributed by atoms with van der Waals surface area (Å²) in [6.07, 6.45) is -5.13. The molecule has 0 unspecified atom stereocenters. The van der Waals surface area contributed by atoms with E-state index in [1.165, 1.54) is 0 Å². The molecule has 1 fully saturated rings. The van der Waals surface area contributed by atoms with Crippen LogP contribution in [0.5, 0.6) is 0 Å². The van der Waals surface area contributed by atoms with E-state index < -0.39 is 36.5 Å². The van der Waals surface area contributed by atoms with Gasteiger partial charge in [-0.3, -0.25) is 0 Å². The molecule has 0 aliphatic carbocycles. The molecule has 0 spiro atoms. The van der Waals surface area contributed by atoms with Crippen LogP contribution in [0.4, 0.5) is 0 Å². The molecule has 1 aliphatic rings. The molecule has 7 nitrogen and oxygen atoms in total. The van der Waals surface area contributed by atoms with E-state index in [2.05, 4.69) is 0 Å². The summed E-state index contributed by atoms with van der Waals surface area (Å²) < 4.78 is 15.6. The molecule has 1 heterocycles. The largest absolute Gasteiger partial charge is 0.459 e. The van der Waals surface area contributed by atoms with E-state index in [4.69, 9.17) is 14.2 Å². The summed E-state index contributed by atoms with van der Waals surface area (Å²) in [7, 11) is 0. The Morgan fingerprint density at radius 3 is 2.00 bits per heavy atom. The Morgan fingerprint density at radius 2 is 1.42 bits per heavy atom. The van der Waals surface area contributed by atoms with E-state index in [9.17, 15) is 19.8 Å². The lowest BCUT2D eigenvalue weighted by Gasteiger charge is -2.20. The maximum atomic E-state index is 12.2. The maximum Gasteiger partial charge on any atom is 0.338 e. The lowest BCUT2D eigenvalue weighted by molar-refractivity contribution is -0.133. The second kappa shape index (κ2) is 8.09. The van der Waals surface area contributed by atoms with Gasteiger partial charge in [0, 0.05) is 0 Å². The fraction of sp³-hybridized carbons (Fsp3) is 0.263. The van der Waals surface area contributed by atoms with Crippen molar-refractivity contribution in [2.75, 3.05) is 6.61 Å². The van der Waals surface area contributed by atoms with Gasteiger partial charge in [-0.05, 0) is 24.3 Å². The number of aliphatic hydroxyl groups excluding tert-OH is 2. The number of aliphatic hydroxyl groups is 2. The van der Waals surface area contributed by atoms with Crippen molar-refractivity contribution in [3.8, 4) is 0 Å². The highest BCUT2D eigenvalue weighted by Gasteiger charge is 2.46. The zero-order valence-corrected chi connectivity index (χ0v) is 13.7. The molecule has 2 N–H and O–H groups in total. The smallest absolute Gasteiger partial charge is 0.338 e. The number of carbonyl (C=O) groups is 2. The third kappa shape index (κ3) is 4.08. The van der Waals surface area contributed by atoms with Crippen molar-refractivity contribution in [1.29, 1.82) is 0 Å². The summed E-state index contributed by atoms with van der Waals surface area (Å²) in [6, 6.07) is 16.6. The minimum Gasteiger partial charge on any atom is -0.459 e. The molecular formula is C19H18O7. The summed E-state index contributed by atoms with van der Waals surface area (Å²) in [5, 5.41) is 19.7. The molecule has 3 rings (SSSR count). The summed E-state index contributed by atoms with van der Waals surface area (Å²) in [6.45, 7) is -0.283. The molecule has 1 saturated heterocycles. The molecule has 1 aliphatic heterocycles. The first-order valence-corrected chi connectivity index (χ1v) is 8.06. The van der Waals surface area contributed by atoms with Crippen molar-refractivity contribution in [3.63, 3.8) is 0 Å². The fourth-order valence-electron chi connectivity index (χ4n) is 2.58. The van der Waals surface area contributed by atoms with Gasteiger partial charge in [0.05, 0.1) is 11.1 Å². The Morgan fingerprint density at radius 1 is 0.885 bits per heavy atom. The molecule has 7 heteroatoms. The van der Waals surface area contributed by atoms with Crippen molar-refractivity contribution >= 4 is 11.9 Å². The van der Waals surface area contributed by atoms with Crippen LogP contribution in [0.25, 0.3) is 0 Å². The van der Waals surface area contributed by atoms with Gasteiger partial charge in [0.25, 0.3) is 0 Å². The SMILES string of the molecule is O=C(OC[C@H]1O[C@H](O)[C@@H](O)[C@@H]1OC(=O)c1ccccc1)c1ccccc1. The van der Waals surface area contributed by atoms with E-state index in [0.717, 1.165) is 0 Å². The van der Waals surface area contributed by atoms with Crippen LogP contribution in [0, 0.1) is 0 Å². The van der Waals surface area contributed by atoms with E-state index in [1.54, 1.807) is 60.7 Å². The van der Waals surface area contributed by atoms with Gasteiger partial charge in [0.1, 0.15) is 18.8 Å². The summed E-state index contributed by atoms with van der Waals surface area (Å²) in [5.74, 6) is -1.26. The van der Waals surface area contributed by atoms with Gasteiger partial charge in [0.2, 0.25) is 0 Å². The van der Waals surface area contributed by atoms with Crippen LogP contribution < -0.4 is 0 Å². The molecule has 0 amide bonds. The van der Waals surface area contributed by atoms with Gasteiger partial charge >= 0.3 is 11.9 Å². The first-order valence-electron chi connectivity index (χ1n) is 8.06. The fourth-order valence-corrected chi connectivity index (χ4v) is 2.58. The minimum absolute atomic E-state index is 0.283. The maximum absolute atomic E-state index is 12.2. The van der Waals surface area contributed by atoms with Gasteiger partial charge in [-0.15, -0.1) is 0 Å². The van der Waals surface area contributed by atoms with Crippen LogP contribution in [0.15, 0.2) is 60.7 Å². The van der Waals surface area contributed by atoms with Gasteiger partial charge in [-0.1, -0.05) is 36.4 Å². The predicted octanol–water partition coefficient (Wildman–Crippen LogP) is 1.15. The van der Waals surface area contributed by atoms with Gasteiger partial charge in [-0.2, -0.15) is 0 Å². The molecular weight excluding hydrogens is 340 g/mol. The highest BCUT2D eigenvalue weighted by atomic mass is 16.7. The van der Waals surface area contributed by atoms with E-state index >= 15 is 0 Å². The van der Waals surface area contributed by atoms with Crippen molar-refractivity contribution in [2.24, 2.45) is 0 Å². The Hall–Kier alpha value is -2.74. The van der Waals surface area contributed by atoms with Gasteiger partial charge < -0.3 is 24.4 Å². The number of esters is 2. The molecule has 2 aromatic carbocycles. The standard InChI is InChI=1S/C19H18O7/c20-15-16(26-18(22)13-9-5-2-6-10-13)14(25-19(15)23)11-24-17(21)12-7-3-1-4-8-12/h1-10,14-16,19-20,23H,11H2/t14-,15+,16-,19+/m1/s1. The lowest BCUT2D eigenvalue weighted by Crippen LogP contribution is -2.39. The zero-order chi connectivity index (χ0) is 18.5. The normalized spacial score (nSPS) is 24.8. The lowest BCUT2D eigenvalue weighted by atomic mass is 10.1. The van der Waals surface area contributed by atoms with Gasteiger partial charge in [-0.25, -0.2) is 9.59 Å². The molecule has 0 radical (unpaired) electrons. The second-order valence-corrected chi connectivity index (χ2v) is 5.76. The third-order valence-electron chi connectivity index (χ3n) is 3.95. The van der Waals surface area contributed by atoms with Crippen molar-refractivity contribution < 1.29 is 34.0 Å². The van der Waals surface area contributed by atoms with E-state index in [-0.39, 0.29) is 6.61 Å². The van der Waals surface area contributed by atoms with E-state index in [0.29, 0.717) is 11.1 Å². The number of ether oxygens (including phenoxy) is 3. The molecule has 2 aromatic rings. The molecule has 4 atom stereocenters. The number of benzene rings is 2. The molecule has 0 saturated carbocycles. The van der Waals surface area contributed by atoms with Crippen LogP contribution in [0.3, 0.4) is 0 Å². The summed E-state index contributed by atoms with van der Waals surface area (Å²) in [5.41, 5.74) is 0.644. The third-order valence-corrected chi connectivity index (χ3v) is 3.95. The van der Waals surface area contributed by atoms with Crippen LogP contribution >= 0.6 is 0 Å². The summed E-state index contributed by atoms with van der Waals surface area (Å²) >= 11 is 0. The highest BCUT2D eigenvalue weighted by Crippen LogP contribution is 2.24. The predicted molar refractivity (Wildman–Crippen MR) is 89.3 cm³/mol. The van der Waals surface area contributed by atoms with E-state index in [1.807, 2.05) is 0 Å². The first kappa shape index (κ1) is 18.1. The second-order valence-electron chi connectivity index (χ2n) is 5.76. The topological polar surface area (TPSA) is 102 Å². The monoisotopic (exact) mass is 358 g/mol. The van der Waals surface area contributed by atoms with Crippen LogP contribution in [-0.2, 0) is 14.2 Å². The van der Waals surface area contributed by atoms with Crippen LogP contribution in [-0.4, -0.2) is 53.4 Å². The number of hydrogen-bond donors (Lipinski definition) is 2. The Bertz CT molecular complexity index is 747. The number of carbonyl (C=O) groups excluding carboxylic acids is 2. The average molecular weight is 358 g/mol. The minimum atomic E-state index is -1.54. The quantitative estimate of drug-likeness (QED) is 0.773. The molecule has 136 valence electrons. The average Bonchev–Trinajstić information content (AvgIpc) is 2.95. The molecule has 26 heavy (non-hydrogen) atoms.